The van der Waals surface area contributed by atoms with Gasteiger partial charge in [0.1, 0.15) is 0 Å². The summed E-state index contributed by atoms with van der Waals surface area (Å²) in [5, 5.41) is 5.37. The molecule has 0 spiro atoms. The maximum Gasteiger partial charge on any atom is 0.304 e. The molecule has 8 heteroatoms. The standard InChI is InChI=1S/C18H31N4O2P.BrH/c1-7-13-19(14-8-2)22(20(15-9-3)16-10-4)25(23)24-21(17-11-5)18-12-6;/h7-12,23H,1-6,13-18H2;1H. The van der Waals surface area contributed by atoms with Crippen LogP contribution >= 0.6 is 25.5 Å². The molecule has 0 rings (SSSR count). The van der Waals surface area contributed by atoms with Gasteiger partial charge in [-0.1, -0.05) is 41.3 Å². The average Bonchev–Trinajstić information content (AvgIpc) is 2.56. The number of rotatable bonds is 17. The van der Waals surface area contributed by atoms with E-state index in [2.05, 4.69) is 39.5 Å². The molecule has 1 atom stereocenters. The summed E-state index contributed by atoms with van der Waals surface area (Å²) in [5.74, 6) is 0. The van der Waals surface area contributed by atoms with E-state index in [1.165, 1.54) is 0 Å². The number of hydrogen-bond acceptors (Lipinski definition) is 6. The van der Waals surface area contributed by atoms with Crippen LogP contribution in [0.4, 0.5) is 0 Å². The maximum atomic E-state index is 10.8. The quantitative estimate of drug-likeness (QED) is 0.208. The zero-order chi connectivity index (χ0) is 19.1. The lowest BCUT2D eigenvalue weighted by atomic mass is 10.5. The largest absolute Gasteiger partial charge is 0.335 e. The summed E-state index contributed by atoms with van der Waals surface area (Å²) < 4.78 is 5.76. The van der Waals surface area contributed by atoms with Gasteiger partial charge in [-0.15, -0.1) is 56.5 Å². The van der Waals surface area contributed by atoms with Crippen LogP contribution in [0.5, 0.6) is 0 Å². The first-order valence-electron chi connectivity index (χ1n) is 7.96. The fourth-order valence-corrected chi connectivity index (χ4v) is 3.13. The predicted octanol–water partition coefficient (Wildman–Crippen LogP) is 3.87. The number of hydrazine groups is 2. The molecule has 148 valence electrons. The first-order valence-corrected chi connectivity index (χ1v) is 9.13. The lowest BCUT2D eigenvalue weighted by Crippen LogP contribution is -2.51. The monoisotopic (exact) mass is 446 g/mol. The van der Waals surface area contributed by atoms with Crippen LogP contribution in [0.25, 0.3) is 0 Å². The molecule has 0 bridgehead atoms. The van der Waals surface area contributed by atoms with E-state index in [-0.39, 0.29) is 17.0 Å². The first kappa shape index (κ1) is 27.3. The van der Waals surface area contributed by atoms with Crippen LogP contribution in [0.3, 0.4) is 0 Å². The van der Waals surface area contributed by atoms with E-state index in [1.807, 2.05) is 10.0 Å². The van der Waals surface area contributed by atoms with Crippen molar-refractivity contribution < 1.29 is 9.52 Å². The minimum Gasteiger partial charge on any atom is -0.335 e. The highest BCUT2D eigenvalue weighted by molar-refractivity contribution is 8.93. The first-order chi connectivity index (χ1) is 12.1. The van der Waals surface area contributed by atoms with Crippen molar-refractivity contribution in [1.29, 1.82) is 0 Å². The van der Waals surface area contributed by atoms with Crippen molar-refractivity contribution in [2.24, 2.45) is 0 Å². The Morgan fingerprint density at radius 3 is 1.23 bits per heavy atom. The van der Waals surface area contributed by atoms with Crippen LogP contribution in [0.1, 0.15) is 0 Å². The third kappa shape index (κ3) is 10.3. The summed E-state index contributed by atoms with van der Waals surface area (Å²) in [6.45, 7) is 25.5. The SMILES string of the molecule is Br.C=CCN(CC=C)OP(O)N(N(CC=C)CC=C)N(CC=C)CC=C. The van der Waals surface area contributed by atoms with Gasteiger partial charge in [0.15, 0.2) is 0 Å². The molecular weight excluding hydrogens is 415 g/mol. The molecule has 0 heterocycles. The molecule has 1 N–H and O–H groups in total. The molecule has 6 nitrogen and oxygen atoms in total. The van der Waals surface area contributed by atoms with Crippen molar-refractivity contribution in [3.63, 3.8) is 0 Å². The van der Waals surface area contributed by atoms with Crippen LogP contribution in [0.2, 0.25) is 0 Å². The molecule has 0 aromatic heterocycles. The van der Waals surface area contributed by atoms with Gasteiger partial charge in [-0.2, -0.15) is 5.06 Å². The Kier molecular flexibility index (Phi) is 18.4. The summed E-state index contributed by atoms with van der Waals surface area (Å²) in [6.07, 6.45) is 10.4. The highest BCUT2D eigenvalue weighted by atomic mass is 79.9. The van der Waals surface area contributed by atoms with Crippen molar-refractivity contribution in [2.45, 2.75) is 0 Å². The Labute approximate surface area is 170 Å². The lowest BCUT2D eigenvalue weighted by Gasteiger charge is -2.42. The van der Waals surface area contributed by atoms with E-state index in [0.717, 1.165) is 0 Å². The van der Waals surface area contributed by atoms with Gasteiger partial charge in [0.2, 0.25) is 0 Å². The molecular formula is C18H32BrN4O2P. The summed E-state index contributed by atoms with van der Waals surface area (Å²) in [6, 6.07) is 0. The Morgan fingerprint density at radius 2 is 0.962 bits per heavy atom. The third-order valence-electron chi connectivity index (χ3n) is 2.87. The van der Waals surface area contributed by atoms with Gasteiger partial charge in [-0.25, -0.2) is 14.6 Å². The molecule has 1 unspecified atom stereocenters. The van der Waals surface area contributed by atoms with E-state index in [9.17, 15) is 4.89 Å². The second-order valence-corrected chi connectivity index (χ2v) is 5.95. The van der Waals surface area contributed by atoms with Gasteiger partial charge in [-0.3, -0.25) is 0 Å². The average molecular weight is 447 g/mol. The molecule has 0 aromatic carbocycles. The molecule has 26 heavy (non-hydrogen) atoms. The molecule has 0 saturated carbocycles. The zero-order valence-electron chi connectivity index (χ0n) is 15.4. The van der Waals surface area contributed by atoms with Crippen LogP contribution < -0.4 is 0 Å². The van der Waals surface area contributed by atoms with E-state index in [4.69, 9.17) is 4.62 Å². The van der Waals surface area contributed by atoms with Crippen molar-refractivity contribution >= 4 is 25.5 Å². The van der Waals surface area contributed by atoms with Crippen molar-refractivity contribution in [1.82, 2.24) is 20.0 Å². The summed E-state index contributed by atoms with van der Waals surface area (Å²) >= 11 is 0. The van der Waals surface area contributed by atoms with Crippen LogP contribution in [0, 0.1) is 0 Å². The highest BCUT2D eigenvalue weighted by Gasteiger charge is 2.30. The Hall–Kier alpha value is -0.890. The number of hydrogen-bond donors (Lipinski definition) is 1. The summed E-state index contributed by atoms with van der Waals surface area (Å²) in [7, 11) is -2.01. The topological polar surface area (TPSA) is 42.4 Å². The van der Waals surface area contributed by atoms with Gasteiger partial charge < -0.3 is 4.89 Å². The van der Waals surface area contributed by atoms with Crippen molar-refractivity contribution in [3.8, 4) is 0 Å². The molecule has 0 radical (unpaired) electrons. The van der Waals surface area contributed by atoms with Gasteiger partial charge in [0.05, 0.1) is 0 Å². The van der Waals surface area contributed by atoms with Gasteiger partial charge in [0, 0.05) is 39.3 Å². The number of halogens is 1. The van der Waals surface area contributed by atoms with Gasteiger partial charge >= 0.3 is 8.53 Å². The smallest absolute Gasteiger partial charge is 0.304 e. The molecule has 0 aromatic rings. The van der Waals surface area contributed by atoms with Crippen LogP contribution in [-0.2, 0) is 4.62 Å². The van der Waals surface area contributed by atoms with Crippen LogP contribution in [-0.4, -0.2) is 64.1 Å². The normalized spacial score (nSPS) is 11.9. The molecule has 0 amide bonds. The van der Waals surface area contributed by atoms with E-state index in [1.54, 1.807) is 46.4 Å². The molecule has 0 aliphatic carbocycles. The highest BCUT2D eigenvalue weighted by Crippen LogP contribution is 2.40. The van der Waals surface area contributed by atoms with Gasteiger partial charge in [-0.05, 0) is 0 Å². The Bertz CT molecular complexity index is 397. The van der Waals surface area contributed by atoms with E-state index < -0.39 is 8.53 Å². The Morgan fingerprint density at radius 1 is 0.654 bits per heavy atom. The minimum absolute atomic E-state index is 0. The fourth-order valence-electron chi connectivity index (χ4n) is 2.00. The maximum absolute atomic E-state index is 10.8. The fraction of sp³-hybridized carbons (Fsp3) is 0.333. The second-order valence-electron chi connectivity index (χ2n) is 4.92. The summed E-state index contributed by atoms with van der Waals surface area (Å²) in [5.41, 5.74) is 0. The molecule has 0 aliphatic heterocycles. The van der Waals surface area contributed by atoms with E-state index >= 15 is 0 Å². The van der Waals surface area contributed by atoms with Crippen molar-refractivity contribution in [2.75, 3.05) is 39.3 Å². The second kappa shape index (κ2) is 17.5. The molecule has 0 fully saturated rings. The third-order valence-corrected chi connectivity index (χ3v) is 4.06. The molecule has 0 aliphatic rings. The summed E-state index contributed by atoms with van der Waals surface area (Å²) in [4.78, 5) is 12.5. The minimum atomic E-state index is -2.01. The van der Waals surface area contributed by atoms with Crippen LogP contribution in [0.15, 0.2) is 75.9 Å². The number of nitrogens with zero attached hydrogens (tertiary/aromatic N) is 4. The number of hydroxylamine groups is 2. The lowest BCUT2D eigenvalue weighted by molar-refractivity contribution is -0.128. The zero-order valence-corrected chi connectivity index (χ0v) is 18.1. The van der Waals surface area contributed by atoms with Gasteiger partial charge in [0.25, 0.3) is 0 Å². The van der Waals surface area contributed by atoms with E-state index in [0.29, 0.717) is 39.3 Å². The predicted molar refractivity (Wildman–Crippen MR) is 118 cm³/mol. The van der Waals surface area contributed by atoms with Crippen molar-refractivity contribution in [3.05, 3.63) is 75.9 Å². The molecule has 0 saturated heterocycles. The Balaban J connectivity index is 0.